The first-order valence-corrected chi connectivity index (χ1v) is 4.53. The third-order valence-electron chi connectivity index (χ3n) is 1.94. The number of hydrogen-bond acceptors (Lipinski definition) is 3. The molecular formula is C11H8N2O3. The summed E-state index contributed by atoms with van der Waals surface area (Å²) in [5.41, 5.74) is 6.10. The van der Waals surface area contributed by atoms with Gasteiger partial charge in [0.1, 0.15) is 5.75 Å². The van der Waals surface area contributed by atoms with Crippen LogP contribution in [0.2, 0.25) is 0 Å². The highest BCUT2D eigenvalue weighted by molar-refractivity contribution is 5.95. The highest BCUT2D eigenvalue weighted by atomic mass is 16.5. The van der Waals surface area contributed by atoms with E-state index in [2.05, 4.69) is 17.2 Å². The van der Waals surface area contributed by atoms with Crippen molar-refractivity contribution in [2.24, 2.45) is 5.73 Å². The van der Waals surface area contributed by atoms with Gasteiger partial charge in [-0.3, -0.25) is 9.59 Å². The Balaban J connectivity index is 2.30. The number of fused-ring (bicyclic) bond motifs is 1. The molecule has 1 heterocycles. The van der Waals surface area contributed by atoms with Crippen molar-refractivity contribution in [3.8, 4) is 17.6 Å². The van der Waals surface area contributed by atoms with E-state index in [0.29, 0.717) is 17.0 Å². The number of nitrogens with one attached hydrogen (secondary N) is 1. The summed E-state index contributed by atoms with van der Waals surface area (Å²) in [5, 5.41) is 2.65. The van der Waals surface area contributed by atoms with E-state index in [4.69, 9.17) is 10.5 Å². The van der Waals surface area contributed by atoms with Gasteiger partial charge in [-0.1, -0.05) is 5.92 Å². The van der Waals surface area contributed by atoms with E-state index in [1.165, 1.54) is 0 Å². The zero-order valence-electron chi connectivity index (χ0n) is 8.24. The fourth-order valence-electron chi connectivity index (χ4n) is 1.29. The molecule has 1 aliphatic rings. The van der Waals surface area contributed by atoms with Crippen LogP contribution < -0.4 is 15.8 Å². The van der Waals surface area contributed by atoms with Gasteiger partial charge in [0.05, 0.1) is 5.69 Å². The van der Waals surface area contributed by atoms with Crippen LogP contribution in [-0.4, -0.2) is 18.4 Å². The first-order chi connectivity index (χ1) is 7.65. The summed E-state index contributed by atoms with van der Waals surface area (Å²) in [6.45, 7) is -0.0142. The molecule has 5 nitrogen and oxygen atoms in total. The number of amides is 2. The molecule has 3 N–H and O–H groups in total. The third kappa shape index (κ3) is 2.12. The van der Waals surface area contributed by atoms with Crippen molar-refractivity contribution < 1.29 is 14.3 Å². The Kier molecular flexibility index (Phi) is 2.48. The fraction of sp³-hybridized carbons (Fsp3) is 0.0909. The smallest absolute Gasteiger partial charge is 0.293 e. The summed E-state index contributed by atoms with van der Waals surface area (Å²) in [6.07, 6.45) is 0. The minimum Gasteiger partial charge on any atom is -0.482 e. The molecule has 80 valence electrons. The SMILES string of the molecule is NC(=O)C#Cc1ccc2c(c1)OCC(=O)N2. The van der Waals surface area contributed by atoms with Gasteiger partial charge < -0.3 is 15.8 Å². The number of hydrogen-bond donors (Lipinski definition) is 2. The van der Waals surface area contributed by atoms with Gasteiger partial charge in [0.15, 0.2) is 6.61 Å². The average Bonchev–Trinajstić information content (AvgIpc) is 2.26. The van der Waals surface area contributed by atoms with Crippen LogP contribution in [0.25, 0.3) is 0 Å². The van der Waals surface area contributed by atoms with Crippen LogP contribution in [0, 0.1) is 11.8 Å². The highest BCUT2D eigenvalue weighted by Crippen LogP contribution is 2.28. The maximum absolute atomic E-state index is 11.0. The molecule has 0 spiro atoms. The summed E-state index contributed by atoms with van der Waals surface area (Å²) in [5.74, 6) is 4.47. The molecule has 0 radical (unpaired) electrons. The Bertz CT molecular complexity index is 526. The number of ether oxygens (including phenoxy) is 1. The molecule has 1 aromatic carbocycles. The van der Waals surface area contributed by atoms with Gasteiger partial charge in [0.2, 0.25) is 0 Å². The average molecular weight is 216 g/mol. The van der Waals surface area contributed by atoms with Crippen molar-refractivity contribution >= 4 is 17.5 Å². The fourth-order valence-corrected chi connectivity index (χ4v) is 1.29. The molecule has 0 aliphatic carbocycles. The number of carbonyl (C=O) groups is 2. The van der Waals surface area contributed by atoms with Crippen LogP contribution in [0.15, 0.2) is 18.2 Å². The molecule has 5 heteroatoms. The molecule has 0 unspecified atom stereocenters. The minimum absolute atomic E-state index is 0.0142. The van der Waals surface area contributed by atoms with Gasteiger partial charge in [-0.25, -0.2) is 0 Å². The zero-order chi connectivity index (χ0) is 11.5. The lowest BCUT2D eigenvalue weighted by molar-refractivity contribution is -0.118. The van der Waals surface area contributed by atoms with E-state index in [-0.39, 0.29) is 12.5 Å². The van der Waals surface area contributed by atoms with Gasteiger partial charge in [-0.15, -0.1) is 0 Å². The second-order valence-corrected chi connectivity index (χ2v) is 3.16. The molecule has 0 saturated heterocycles. The lowest BCUT2D eigenvalue weighted by atomic mass is 10.1. The normalized spacial score (nSPS) is 12.6. The molecule has 0 fully saturated rings. The highest BCUT2D eigenvalue weighted by Gasteiger charge is 2.15. The number of rotatable bonds is 0. The summed E-state index contributed by atoms with van der Waals surface area (Å²) in [6, 6.07) is 4.98. The predicted octanol–water partition coefficient (Wildman–Crippen LogP) is -0.146. The molecule has 1 aromatic rings. The van der Waals surface area contributed by atoms with Gasteiger partial charge in [-0.2, -0.15) is 0 Å². The van der Waals surface area contributed by atoms with E-state index in [1.54, 1.807) is 18.2 Å². The van der Waals surface area contributed by atoms with Gasteiger partial charge in [0.25, 0.3) is 11.8 Å². The summed E-state index contributed by atoms with van der Waals surface area (Å²) < 4.78 is 5.19. The molecule has 0 saturated carbocycles. The lowest BCUT2D eigenvalue weighted by Crippen LogP contribution is -2.25. The van der Waals surface area contributed by atoms with Crippen LogP contribution in [0.4, 0.5) is 5.69 Å². The standard InChI is InChI=1S/C11H8N2O3/c12-10(14)4-2-7-1-3-8-9(5-7)16-6-11(15)13-8/h1,3,5H,6H2,(H2,12,14)(H,13,15). The summed E-state index contributed by atoms with van der Waals surface area (Å²) in [7, 11) is 0. The van der Waals surface area contributed by atoms with E-state index >= 15 is 0 Å². The van der Waals surface area contributed by atoms with Gasteiger partial charge >= 0.3 is 0 Å². The maximum atomic E-state index is 11.0. The first-order valence-electron chi connectivity index (χ1n) is 4.53. The largest absolute Gasteiger partial charge is 0.482 e. The van der Waals surface area contributed by atoms with Crippen molar-refractivity contribution in [3.63, 3.8) is 0 Å². The van der Waals surface area contributed by atoms with Crippen LogP contribution >= 0.6 is 0 Å². The van der Waals surface area contributed by atoms with Crippen molar-refractivity contribution in [2.45, 2.75) is 0 Å². The maximum Gasteiger partial charge on any atom is 0.293 e. The predicted molar refractivity (Wildman–Crippen MR) is 56.6 cm³/mol. The molecule has 0 atom stereocenters. The van der Waals surface area contributed by atoms with Crippen LogP contribution in [0.3, 0.4) is 0 Å². The number of benzene rings is 1. The van der Waals surface area contributed by atoms with Crippen molar-refractivity contribution in [3.05, 3.63) is 23.8 Å². The van der Waals surface area contributed by atoms with Crippen molar-refractivity contribution in [1.82, 2.24) is 0 Å². The molecule has 0 aromatic heterocycles. The number of nitrogens with two attached hydrogens (primary N) is 1. The van der Waals surface area contributed by atoms with E-state index < -0.39 is 5.91 Å². The summed E-state index contributed by atoms with van der Waals surface area (Å²) in [4.78, 5) is 21.5. The first kappa shape index (κ1) is 10.1. The Hall–Kier alpha value is -2.48. The quantitative estimate of drug-likeness (QED) is 0.592. The molecular weight excluding hydrogens is 208 g/mol. The van der Waals surface area contributed by atoms with E-state index in [9.17, 15) is 9.59 Å². The van der Waals surface area contributed by atoms with Gasteiger partial charge in [0, 0.05) is 5.56 Å². The van der Waals surface area contributed by atoms with Crippen LogP contribution in [0.5, 0.6) is 5.75 Å². The summed E-state index contributed by atoms with van der Waals surface area (Å²) >= 11 is 0. The third-order valence-corrected chi connectivity index (χ3v) is 1.94. The van der Waals surface area contributed by atoms with E-state index in [1.807, 2.05) is 0 Å². The molecule has 0 bridgehead atoms. The Morgan fingerprint density at radius 1 is 1.50 bits per heavy atom. The molecule has 1 aliphatic heterocycles. The number of primary amides is 1. The monoisotopic (exact) mass is 216 g/mol. The van der Waals surface area contributed by atoms with E-state index in [0.717, 1.165) is 0 Å². The van der Waals surface area contributed by atoms with Crippen molar-refractivity contribution in [2.75, 3.05) is 11.9 Å². The zero-order valence-corrected chi connectivity index (χ0v) is 8.24. The second-order valence-electron chi connectivity index (χ2n) is 3.16. The Labute approximate surface area is 91.6 Å². The lowest BCUT2D eigenvalue weighted by Gasteiger charge is -2.17. The van der Waals surface area contributed by atoms with Crippen molar-refractivity contribution in [1.29, 1.82) is 0 Å². The minimum atomic E-state index is -0.688. The Morgan fingerprint density at radius 2 is 2.31 bits per heavy atom. The molecule has 16 heavy (non-hydrogen) atoms. The number of anilines is 1. The molecule has 2 amide bonds. The van der Waals surface area contributed by atoms with Crippen LogP contribution in [-0.2, 0) is 9.59 Å². The Morgan fingerprint density at radius 3 is 3.06 bits per heavy atom. The van der Waals surface area contributed by atoms with Crippen LogP contribution in [0.1, 0.15) is 5.56 Å². The van der Waals surface area contributed by atoms with Gasteiger partial charge in [-0.05, 0) is 24.1 Å². The second kappa shape index (κ2) is 3.95. The number of carbonyl (C=O) groups excluding carboxylic acids is 2. The molecule has 2 rings (SSSR count). The topological polar surface area (TPSA) is 81.4 Å².